The topological polar surface area (TPSA) is 43.8 Å². The van der Waals surface area contributed by atoms with Crippen molar-refractivity contribution in [2.24, 2.45) is 0 Å². The number of phenolic OH excluding ortho intramolecular Hbond substituents is 1. The highest BCUT2D eigenvalue weighted by Crippen LogP contribution is 2.23. The Morgan fingerprint density at radius 1 is 1.28 bits per heavy atom. The number of phenols is 1. The van der Waals surface area contributed by atoms with E-state index in [2.05, 4.69) is 4.90 Å². The summed E-state index contributed by atoms with van der Waals surface area (Å²) in [4.78, 5) is 16.3. The first-order chi connectivity index (χ1) is 8.58. The van der Waals surface area contributed by atoms with Crippen LogP contribution in [0.2, 0.25) is 5.02 Å². The predicted octanol–water partition coefficient (Wildman–Crippen LogP) is 1.82. The monoisotopic (exact) mass is 268 g/mol. The SMILES string of the molecule is CN1CCCN(C(=O)c2cc(Cl)ccc2O)CC1. The third-order valence-electron chi connectivity index (χ3n) is 3.20. The van der Waals surface area contributed by atoms with Gasteiger partial charge in [0.15, 0.2) is 0 Å². The van der Waals surface area contributed by atoms with Gasteiger partial charge in [-0.25, -0.2) is 0 Å². The molecule has 1 heterocycles. The maximum absolute atomic E-state index is 12.3. The van der Waals surface area contributed by atoms with Crippen molar-refractivity contribution in [2.75, 3.05) is 33.2 Å². The Labute approximate surface area is 112 Å². The van der Waals surface area contributed by atoms with Crippen LogP contribution in [0.3, 0.4) is 0 Å². The van der Waals surface area contributed by atoms with Gasteiger partial charge in [-0.05, 0) is 38.2 Å². The Kier molecular flexibility index (Phi) is 4.09. The highest BCUT2D eigenvalue weighted by Gasteiger charge is 2.21. The fourth-order valence-electron chi connectivity index (χ4n) is 2.10. The number of aromatic hydroxyl groups is 1. The molecule has 1 aromatic rings. The molecule has 0 aliphatic carbocycles. The molecule has 0 spiro atoms. The van der Waals surface area contributed by atoms with E-state index < -0.39 is 0 Å². The van der Waals surface area contributed by atoms with E-state index in [1.807, 2.05) is 7.05 Å². The second-order valence-corrected chi connectivity index (χ2v) is 5.05. The Morgan fingerprint density at radius 3 is 2.83 bits per heavy atom. The van der Waals surface area contributed by atoms with Gasteiger partial charge in [-0.2, -0.15) is 0 Å². The Balaban J connectivity index is 2.17. The van der Waals surface area contributed by atoms with Gasteiger partial charge >= 0.3 is 0 Å². The van der Waals surface area contributed by atoms with E-state index in [0.29, 0.717) is 11.6 Å². The summed E-state index contributed by atoms with van der Waals surface area (Å²) in [6, 6.07) is 4.55. The lowest BCUT2D eigenvalue weighted by Gasteiger charge is -2.21. The molecule has 4 nitrogen and oxygen atoms in total. The van der Waals surface area contributed by atoms with E-state index in [-0.39, 0.29) is 17.2 Å². The summed E-state index contributed by atoms with van der Waals surface area (Å²) >= 11 is 5.87. The normalized spacial score (nSPS) is 17.6. The van der Waals surface area contributed by atoms with Crippen molar-refractivity contribution in [2.45, 2.75) is 6.42 Å². The smallest absolute Gasteiger partial charge is 0.257 e. The minimum absolute atomic E-state index is 0.0120. The summed E-state index contributed by atoms with van der Waals surface area (Å²) < 4.78 is 0. The number of nitrogens with zero attached hydrogens (tertiary/aromatic N) is 2. The van der Waals surface area contributed by atoms with E-state index in [1.54, 1.807) is 11.0 Å². The Morgan fingerprint density at radius 2 is 2.06 bits per heavy atom. The van der Waals surface area contributed by atoms with Gasteiger partial charge in [0.05, 0.1) is 5.56 Å². The third kappa shape index (κ3) is 2.94. The molecule has 1 aliphatic heterocycles. The molecule has 98 valence electrons. The second-order valence-electron chi connectivity index (χ2n) is 4.61. The Hall–Kier alpha value is -1.26. The van der Waals surface area contributed by atoms with Crippen molar-refractivity contribution in [3.05, 3.63) is 28.8 Å². The molecule has 0 atom stereocenters. The highest BCUT2D eigenvalue weighted by atomic mass is 35.5. The number of rotatable bonds is 1. The van der Waals surface area contributed by atoms with Gasteiger partial charge in [0.2, 0.25) is 0 Å². The zero-order valence-electron chi connectivity index (χ0n) is 10.4. The quantitative estimate of drug-likeness (QED) is 0.845. The van der Waals surface area contributed by atoms with Crippen LogP contribution < -0.4 is 0 Å². The minimum atomic E-state index is -0.148. The average Bonchev–Trinajstić information content (AvgIpc) is 2.56. The highest BCUT2D eigenvalue weighted by molar-refractivity contribution is 6.31. The van der Waals surface area contributed by atoms with Gasteiger partial charge < -0.3 is 14.9 Å². The molecule has 2 rings (SSSR count). The molecule has 1 N–H and O–H groups in total. The largest absolute Gasteiger partial charge is 0.507 e. The molecule has 18 heavy (non-hydrogen) atoms. The zero-order chi connectivity index (χ0) is 13.1. The lowest BCUT2D eigenvalue weighted by Crippen LogP contribution is -2.34. The van der Waals surface area contributed by atoms with Crippen LogP contribution in [0.25, 0.3) is 0 Å². The van der Waals surface area contributed by atoms with Crippen molar-refractivity contribution in [3.8, 4) is 5.75 Å². The molecule has 1 aromatic carbocycles. The molecule has 1 aliphatic rings. The standard InChI is InChI=1S/C13H17ClN2O2/c1-15-5-2-6-16(8-7-15)13(18)11-9-10(14)3-4-12(11)17/h3-4,9,17H,2,5-8H2,1H3. The van der Waals surface area contributed by atoms with Crippen LogP contribution in [-0.2, 0) is 0 Å². The molecule has 0 aromatic heterocycles. The molecule has 1 saturated heterocycles. The number of benzene rings is 1. The van der Waals surface area contributed by atoms with Gasteiger partial charge in [0, 0.05) is 24.7 Å². The van der Waals surface area contributed by atoms with E-state index >= 15 is 0 Å². The summed E-state index contributed by atoms with van der Waals surface area (Å²) in [5, 5.41) is 10.2. The lowest BCUT2D eigenvalue weighted by molar-refractivity contribution is 0.0760. The lowest BCUT2D eigenvalue weighted by atomic mass is 10.1. The van der Waals surface area contributed by atoms with E-state index in [1.165, 1.54) is 12.1 Å². The first-order valence-corrected chi connectivity index (χ1v) is 6.42. The van der Waals surface area contributed by atoms with Crippen molar-refractivity contribution in [1.82, 2.24) is 9.80 Å². The number of halogens is 1. The van der Waals surface area contributed by atoms with Gasteiger partial charge in [-0.15, -0.1) is 0 Å². The van der Waals surface area contributed by atoms with Crippen LogP contribution in [0.1, 0.15) is 16.8 Å². The summed E-state index contributed by atoms with van der Waals surface area (Å²) in [5.74, 6) is -0.160. The van der Waals surface area contributed by atoms with Gasteiger partial charge in [-0.1, -0.05) is 11.6 Å². The number of likely N-dealkylation sites (N-methyl/N-ethyl adjacent to an activating group) is 1. The summed E-state index contributed by atoms with van der Waals surface area (Å²) in [5.41, 5.74) is 0.284. The van der Waals surface area contributed by atoms with Gasteiger partial charge in [-0.3, -0.25) is 4.79 Å². The molecule has 0 bridgehead atoms. The molecule has 0 radical (unpaired) electrons. The van der Waals surface area contributed by atoms with Crippen molar-refractivity contribution >= 4 is 17.5 Å². The van der Waals surface area contributed by atoms with Crippen molar-refractivity contribution in [1.29, 1.82) is 0 Å². The minimum Gasteiger partial charge on any atom is -0.507 e. The maximum atomic E-state index is 12.3. The van der Waals surface area contributed by atoms with Crippen LogP contribution in [-0.4, -0.2) is 54.0 Å². The van der Waals surface area contributed by atoms with Crippen LogP contribution in [0.4, 0.5) is 0 Å². The number of hydrogen-bond donors (Lipinski definition) is 1. The molecule has 5 heteroatoms. The fraction of sp³-hybridized carbons (Fsp3) is 0.462. The summed E-state index contributed by atoms with van der Waals surface area (Å²) in [7, 11) is 2.05. The fourth-order valence-corrected chi connectivity index (χ4v) is 2.27. The predicted molar refractivity (Wildman–Crippen MR) is 71.1 cm³/mol. The first-order valence-electron chi connectivity index (χ1n) is 6.04. The van der Waals surface area contributed by atoms with Crippen molar-refractivity contribution < 1.29 is 9.90 Å². The zero-order valence-corrected chi connectivity index (χ0v) is 11.2. The van der Waals surface area contributed by atoms with Crippen molar-refractivity contribution in [3.63, 3.8) is 0 Å². The number of hydrogen-bond acceptors (Lipinski definition) is 3. The molecular weight excluding hydrogens is 252 g/mol. The summed E-state index contributed by atoms with van der Waals surface area (Å²) in [6.07, 6.45) is 0.948. The molecule has 0 unspecified atom stereocenters. The molecule has 1 amide bonds. The Bertz CT molecular complexity index is 451. The average molecular weight is 269 g/mol. The second kappa shape index (κ2) is 5.59. The van der Waals surface area contributed by atoms with Crippen LogP contribution in [0.5, 0.6) is 5.75 Å². The molecular formula is C13H17ClN2O2. The summed E-state index contributed by atoms with van der Waals surface area (Å²) in [6.45, 7) is 3.24. The van der Waals surface area contributed by atoms with E-state index in [9.17, 15) is 9.90 Å². The van der Waals surface area contributed by atoms with Crippen LogP contribution >= 0.6 is 11.6 Å². The molecule has 0 saturated carbocycles. The third-order valence-corrected chi connectivity index (χ3v) is 3.43. The molecule has 1 fully saturated rings. The van der Waals surface area contributed by atoms with Gasteiger partial charge in [0.1, 0.15) is 5.75 Å². The number of carbonyl (C=O) groups excluding carboxylic acids is 1. The first kappa shape index (κ1) is 13.2. The van der Waals surface area contributed by atoms with Crippen LogP contribution in [0, 0.1) is 0 Å². The number of carbonyl (C=O) groups is 1. The number of amides is 1. The van der Waals surface area contributed by atoms with Crippen LogP contribution in [0.15, 0.2) is 18.2 Å². The van der Waals surface area contributed by atoms with E-state index in [4.69, 9.17) is 11.6 Å². The maximum Gasteiger partial charge on any atom is 0.257 e. The van der Waals surface area contributed by atoms with E-state index in [0.717, 1.165) is 26.1 Å². The van der Waals surface area contributed by atoms with Gasteiger partial charge in [0.25, 0.3) is 5.91 Å².